The van der Waals surface area contributed by atoms with Gasteiger partial charge in [-0.1, -0.05) is 60.1 Å². The van der Waals surface area contributed by atoms with Gasteiger partial charge in [0.15, 0.2) is 0 Å². The quantitative estimate of drug-likeness (QED) is 0.608. The molecule has 22 heavy (non-hydrogen) atoms. The van der Waals surface area contributed by atoms with E-state index in [-0.39, 0.29) is 5.54 Å². The van der Waals surface area contributed by atoms with Crippen LogP contribution in [-0.2, 0) is 0 Å². The summed E-state index contributed by atoms with van der Waals surface area (Å²) >= 11 is 0. The minimum atomic E-state index is -0.0289. The van der Waals surface area contributed by atoms with Crippen molar-refractivity contribution in [2.45, 2.75) is 53.5 Å². The van der Waals surface area contributed by atoms with Gasteiger partial charge in [-0.3, -0.25) is 0 Å². The molecule has 2 nitrogen and oxygen atoms in total. The van der Waals surface area contributed by atoms with E-state index in [0.29, 0.717) is 5.92 Å². The first kappa shape index (κ1) is 16.5. The summed E-state index contributed by atoms with van der Waals surface area (Å²) in [7, 11) is 0. The lowest BCUT2D eigenvalue weighted by molar-refractivity contribution is 0.440. The average molecular weight is 296 g/mol. The lowest BCUT2D eigenvalue weighted by atomic mass is 9.91. The SMILES string of the molecule is CC1=CC(C)=C(CC(=NNC(C)(C)C)c2ccccc2)C1C. The standard InChI is InChI=1S/C20H28N2/c1-14-12-15(2)18(16(14)3)13-19(21-22-20(4,5)6)17-10-8-7-9-11-17/h7-12,16,22H,13H2,1-6H3. The second kappa shape index (κ2) is 6.51. The van der Waals surface area contributed by atoms with Gasteiger partial charge in [0.05, 0.1) is 5.71 Å². The Morgan fingerprint density at radius 2 is 1.77 bits per heavy atom. The number of nitrogens with one attached hydrogen (secondary N) is 1. The molecule has 0 heterocycles. The molecule has 1 N–H and O–H groups in total. The van der Waals surface area contributed by atoms with Crippen LogP contribution in [0.15, 0.2) is 58.2 Å². The van der Waals surface area contributed by atoms with Crippen molar-refractivity contribution in [2.75, 3.05) is 0 Å². The van der Waals surface area contributed by atoms with Gasteiger partial charge in [0.25, 0.3) is 0 Å². The molecule has 118 valence electrons. The van der Waals surface area contributed by atoms with E-state index in [2.05, 4.69) is 77.3 Å². The van der Waals surface area contributed by atoms with E-state index >= 15 is 0 Å². The largest absolute Gasteiger partial charge is 0.305 e. The van der Waals surface area contributed by atoms with Crippen LogP contribution in [-0.4, -0.2) is 11.3 Å². The highest BCUT2D eigenvalue weighted by Crippen LogP contribution is 2.34. The second-order valence-corrected chi connectivity index (χ2v) is 7.28. The van der Waals surface area contributed by atoms with Crippen molar-refractivity contribution < 1.29 is 0 Å². The molecule has 1 aromatic rings. The van der Waals surface area contributed by atoms with Gasteiger partial charge in [-0.15, -0.1) is 0 Å². The van der Waals surface area contributed by atoms with Crippen molar-refractivity contribution in [3.05, 3.63) is 58.7 Å². The minimum Gasteiger partial charge on any atom is -0.305 e. The van der Waals surface area contributed by atoms with Crippen molar-refractivity contribution in [2.24, 2.45) is 11.0 Å². The van der Waals surface area contributed by atoms with Crippen molar-refractivity contribution in [3.8, 4) is 0 Å². The van der Waals surface area contributed by atoms with Gasteiger partial charge in [-0.05, 0) is 46.1 Å². The fourth-order valence-corrected chi connectivity index (χ4v) is 2.72. The Bertz CT molecular complexity index is 613. The molecule has 1 aliphatic carbocycles. The first-order valence-corrected chi connectivity index (χ1v) is 8.05. The van der Waals surface area contributed by atoms with Gasteiger partial charge in [-0.2, -0.15) is 5.10 Å². The molecule has 2 rings (SSSR count). The second-order valence-electron chi connectivity index (χ2n) is 7.28. The zero-order chi connectivity index (χ0) is 16.3. The van der Waals surface area contributed by atoms with Gasteiger partial charge >= 0.3 is 0 Å². The molecule has 0 radical (unpaired) electrons. The van der Waals surface area contributed by atoms with Gasteiger partial charge in [0.2, 0.25) is 0 Å². The number of rotatable bonds is 4. The summed E-state index contributed by atoms with van der Waals surface area (Å²) in [6.45, 7) is 13.1. The number of hydrazone groups is 1. The number of nitrogens with zero attached hydrogens (tertiary/aromatic N) is 1. The molecule has 1 unspecified atom stereocenters. The zero-order valence-corrected chi connectivity index (χ0v) is 14.7. The Balaban J connectivity index is 2.29. The third-order valence-electron chi connectivity index (χ3n) is 4.15. The Labute approximate surface area is 135 Å². The predicted molar refractivity (Wildman–Crippen MR) is 96.1 cm³/mol. The molecule has 0 amide bonds. The van der Waals surface area contributed by atoms with Gasteiger partial charge < -0.3 is 5.43 Å². The highest BCUT2D eigenvalue weighted by Gasteiger charge is 2.21. The Morgan fingerprint density at radius 1 is 1.14 bits per heavy atom. The van der Waals surface area contributed by atoms with E-state index in [9.17, 15) is 0 Å². The van der Waals surface area contributed by atoms with Crippen LogP contribution in [0.25, 0.3) is 0 Å². The lowest BCUT2D eigenvalue weighted by Gasteiger charge is -2.20. The molecule has 0 saturated carbocycles. The summed E-state index contributed by atoms with van der Waals surface area (Å²) in [6.07, 6.45) is 3.20. The Kier molecular flexibility index (Phi) is 4.90. The average Bonchev–Trinajstić information content (AvgIpc) is 2.69. The van der Waals surface area contributed by atoms with E-state index in [1.807, 2.05) is 6.07 Å². The summed E-state index contributed by atoms with van der Waals surface area (Å²) in [4.78, 5) is 0. The molecular weight excluding hydrogens is 268 g/mol. The van der Waals surface area contributed by atoms with Crippen LogP contribution in [0.1, 0.15) is 53.5 Å². The Hall–Kier alpha value is -1.83. The first-order chi connectivity index (χ1) is 10.3. The van der Waals surface area contributed by atoms with Gasteiger partial charge in [0.1, 0.15) is 0 Å². The van der Waals surface area contributed by atoms with Crippen LogP contribution in [0, 0.1) is 5.92 Å². The van der Waals surface area contributed by atoms with Crippen LogP contribution in [0.5, 0.6) is 0 Å². The number of hydrogen-bond acceptors (Lipinski definition) is 2. The molecule has 0 fully saturated rings. The van der Waals surface area contributed by atoms with Crippen LogP contribution < -0.4 is 5.43 Å². The van der Waals surface area contributed by atoms with Gasteiger partial charge in [-0.25, -0.2) is 0 Å². The van der Waals surface area contributed by atoms with Crippen LogP contribution >= 0.6 is 0 Å². The summed E-state index contributed by atoms with van der Waals surface area (Å²) in [6, 6.07) is 10.5. The Morgan fingerprint density at radius 3 is 2.27 bits per heavy atom. The topological polar surface area (TPSA) is 24.4 Å². The third-order valence-corrected chi connectivity index (χ3v) is 4.15. The molecule has 0 spiro atoms. The zero-order valence-electron chi connectivity index (χ0n) is 14.7. The minimum absolute atomic E-state index is 0.0289. The molecule has 0 saturated heterocycles. The fraction of sp³-hybridized carbons (Fsp3) is 0.450. The molecule has 1 atom stereocenters. The van der Waals surface area contributed by atoms with Crippen LogP contribution in [0.2, 0.25) is 0 Å². The maximum absolute atomic E-state index is 4.73. The summed E-state index contributed by atoms with van der Waals surface area (Å²) < 4.78 is 0. The van der Waals surface area contributed by atoms with Crippen molar-refractivity contribution in [1.29, 1.82) is 0 Å². The smallest absolute Gasteiger partial charge is 0.0716 e. The predicted octanol–water partition coefficient (Wildman–Crippen LogP) is 5.08. The maximum Gasteiger partial charge on any atom is 0.0716 e. The van der Waals surface area contributed by atoms with Crippen molar-refractivity contribution >= 4 is 5.71 Å². The fourth-order valence-electron chi connectivity index (χ4n) is 2.72. The molecule has 2 heteroatoms. The van der Waals surface area contributed by atoms with Crippen molar-refractivity contribution in [3.63, 3.8) is 0 Å². The number of hydrogen-bond donors (Lipinski definition) is 1. The highest BCUT2D eigenvalue weighted by atomic mass is 15.3. The van der Waals surface area contributed by atoms with E-state index < -0.39 is 0 Å². The normalized spacial score (nSPS) is 19.5. The molecule has 0 bridgehead atoms. The first-order valence-electron chi connectivity index (χ1n) is 8.05. The molecule has 1 aromatic carbocycles. The van der Waals surface area contributed by atoms with Crippen LogP contribution in [0.3, 0.4) is 0 Å². The van der Waals surface area contributed by atoms with E-state index in [0.717, 1.165) is 12.1 Å². The summed E-state index contributed by atoms with van der Waals surface area (Å²) in [5, 5.41) is 4.73. The molecular formula is C20H28N2. The maximum atomic E-state index is 4.73. The summed E-state index contributed by atoms with van der Waals surface area (Å²) in [5.41, 5.74) is 9.88. The van der Waals surface area contributed by atoms with Crippen molar-refractivity contribution in [1.82, 2.24) is 5.43 Å². The molecule has 1 aliphatic rings. The highest BCUT2D eigenvalue weighted by molar-refractivity contribution is 6.02. The monoisotopic (exact) mass is 296 g/mol. The van der Waals surface area contributed by atoms with Gasteiger partial charge in [0, 0.05) is 12.0 Å². The third kappa shape index (κ3) is 4.09. The van der Waals surface area contributed by atoms with E-state index in [4.69, 9.17) is 5.10 Å². The summed E-state index contributed by atoms with van der Waals surface area (Å²) in [5.74, 6) is 0.517. The number of allylic oxidation sites excluding steroid dienone is 4. The van der Waals surface area contributed by atoms with E-state index in [1.165, 1.54) is 22.3 Å². The van der Waals surface area contributed by atoms with E-state index in [1.54, 1.807) is 0 Å². The molecule has 0 aliphatic heterocycles. The van der Waals surface area contributed by atoms with Crippen LogP contribution in [0.4, 0.5) is 0 Å². The number of benzene rings is 1. The molecule has 0 aromatic heterocycles. The lowest BCUT2D eigenvalue weighted by Crippen LogP contribution is -2.32.